The van der Waals surface area contributed by atoms with E-state index in [9.17, 15) is 4.79 Å². The summed E-state index contributed by atoms with van der Waals surface area (Å²) in [7, 11) is -1.86. The Bertz CT molecular complexity index is 919. The van der Waals surface area contributed by atoms with E-state index in [0.717, 1.165) is 25.5 Å². The molecule has 1 atom stereocenters. The van der Waals surface area contributed by atoms with Gasteiger partial charge in [-0.25, -0.2) is 4.79 Å². The first-order chi connectivity index (χ1) is 15.4. The first-order valence-corrected chi connectivity index (χ1v) is 13.4. The van der Waals surface area contributed by atoms with Crippen molar-refractivity contribution in [1.82, 2.24) is 4.90 Å². The molecule has 3 nitrogen and oxygen atoms in total. The summed E-state index contributed by atoms with van der Waals surface area (Å²) in [5, 5.41) is 4.17. The molecule has 166 valence electrons. The molecular formula is C28H33NO2P+. The minimum atomic E-state index is -1.86. The molecular weight excluding hydrogens is 413 g/mol. The van der Waals surface area contributed by atoms with Crippen molar-refractivity contribution in [3.8, 4) is 0 Å². The molecule has 1 amide bonds. The zero-order valence-corrected chi connectivity index (χ0v) is 20.2. The van der Waals surface area contributed by atoms with Crippen LogP contribution in [0.4, 0.5) is 4.79 Å². The predicted molar refractivity (Wildman–Crippen MR) is 136 cm³/mol. The maximum atomic E-state index is 12.7. The van der Waals surface area contributed by atoms with Crippen LogP contribution in [0.25, 0.3) is 0 Å². The number of carbonyl (C=O) groups is 1. The lowest BCUT2D eigenvalue weighted by molar-refractivity contribution is -0.00557. The maximum Gasteiger partial charge on any atom is 0.410 e. The molecule has 1 saturated heterocycles. The molecule has 0 bridgehead atoms. The van der Waals surface area contributed by atoms with Crippen LogP contribution in [0, 0.1) is 0 Å². The van der Waals surface area contributed by atoms with E-state index < -0.39 is 12.9 Å². The van der Waals surface area contributed by atoms with E-state index in [1.165, 1.54) is 15.9 Å². The number of amides is 1. The second kappa shape index (κ2) is 9.46. The van der Waals surface area contributed by atoms with Crippen LogP contribution in [-0.4, -0.2) is 35.3 Å². The summed E-state index contributed by atoms with van der Waals surface area (Å²) in [4.78, 5) is 14.6. The minimum absolute atomic E-state index is 0.184. The van der Waals surface area contributed by atoms with Crippen LogP contribution in [0.1, 0.15) is 33.6 Å². The van der Waals surface area contributed by atoms with Gasteiger partial charge in [-0.2, -0.15) is 0 Å². The highest BCUT2D eigenvalue weighted by Gasteiger charge is 2.47. The van der Waals surface area contributed by atoms with Crippen molar-refractivity contribution < 1.29 is 9.53 Å². The molecule has 0 N–H and O–H groups in total. The molecule has 0 radical (unpaired) electrons. The van der Waals surface area contributed by atoms with E-state index in [0.29, 0.717) is 0 Å². The standard InChI is InChI=1S/C28H33NO2P/c1-28(2,3)31-27(30)29-21-19-23(29)20-22-32(24-13-7-4-8-14-24,25-15-9-5-10-16-25)26-17-11-6-12-18-26/h4-18,23H,19-22H2,1-3H3/q+1. The van der Waals surface area contributed by atoms with Gasteiger partial charge in [-0.3, -0.25) is 0 Å². The zero-order valence-electron chi connectivity index (χ0n) is 19.3. The minimum Gasteiger partial charge on any atom is -0.444 e. The van der Waals surface area contributed by atoms with Gasteiger partial charge in [-0.05, 0) is 63.6 Å². The van der Waals surface area contributed by atoms with Crippen LogP contribution >= 0.6 is 7.26 Å². The molecule has 4 heteroatoms. The molecule has 1 heterocycles. The van der Waals surface area contributed by atoms with Crippen LogP contribution < -0.4 is 15.9 Å². The van der Waals surface area contributed by atoms with Crippen LogP contribution in [0.3, 0.4) is 0 Å². The topological polar surface area (TPSA) is 29.5 Å². The van der Waals surface area contributed by atoms with E-state index in [1.54, 1.807) is 0 Å². The molecule has 1 aliphatic heterocycles. The SMILES string of the molecule is CC(C)(C)OC(=O)N1CCC1CC[P+](c1ccccc1)(c1ccccc1)c1ccccc1. The fourth-order valence-corrected chi connectivity index (χ4v) is 8.92. The number of nitrogens with zero attached hydrogens (tertiary/aromatic N) is 1. The molecule has 4 rings (SSSR count). The first kappa shape index (κ1) is 22.6. The third kappa shape index (κ3) is 4.74. The molecule has 1 aliphatic rings. The number of hydrogen-bond acceptors (Lipinski definition) is 2. The molecule has 0 aliphatic carbocycles. The van der Waals surface area contributed by atoms with Gasteiger partial charge in [-0.1, -0.05) is 54.6 Å². The van der Waals surface area contributed by atoms with Gasteiger partial charge in [0, 0.05) is 19.0 Å². The Morgan fingerprint density at radius 2 is 1.28 bits per heavy atom. The fraction of sp³-hybridized carbons (Fsp3) is 0.321. The van der Waals surface area contributed by atoms with Gasteiger partial charge in [0.25, 0.3) is 0 Å². The van der Waals surface area contributed by atoms with Gasteiger partial charge in [0.1, 0.15) is 28.8 Å². The predicted octanol–water partition coefficient (Wildman–Crippen LogP) is 5.38. The van der Waals surface area contributed by atoms with Crippen LogP contribution in [-0.2, 0) is 4.74 Å². The van der Waals surface area contributed by atoms with Crippen molar-refractivity contribution in [2.75, 3.05) is 12.7 Å². The van der Waals surface area contributed by atoms with Crippen LogP contribution in [0.15, 0.2) is 91.0 Å². The van der Waals surface area contributed by atoms with Gasteiger partial charge in [-0.15, -0.1) is 0 Å². The number of rotatable bonds is 6. The number of carbonyl (C=O) groups excluding carboxylic acids is 1. The van der Waals surface area contributed by atoms with Crippen molar-refractivity contribution in [2.24, 2.45) is 0 Å². The Labute approximate surface area is 192 Å². The summed E-state index contributed by atoms with van der Waals surface area (Å²) >= 11 is 0. The first-order valence-electron chi connectivity index (χ1n) is 11.4. The van der Waals surface area contributed by atoms with Crippen LogP contribution in [0.2, 0.25) is 0 Å². The monoisotopic (exact) mass is 446 g/mol. The zero-order chi connectivity index (χ0) is 22.6. The lowest BCUT2D eigenvalue weighted by Gasteiger charge is -2.42. The van der Waals surface area contributed by atoms with Gasteiger partial charge in [0.2, 0.25) is 0 Å². The largest absolute Gasteiger partial charge is 0.444 e. The Morgan fingerprint density at radius 1 is 0.844 bits per heavy atom. The maximum absolute atomic E-state index is 12.7. The van der Waals surface area contributed by atoms with E-state index >= 15 is 0 Å². The summed E-state index contributed by atoms with van der Waals surface area (Å²) in [5.74, 6) is 0. The third-order valence-corrected chi connectivity index (χ3v) is 10.6. The lowest BCUT2D eigenvalue weighted by Crippen LogP contribution is -2.53. The Hall–Kier alpha value is -2.64. The van der Waals surface area contributed by atoms with Gasteiger partial charge in [0.15, 0.2) is 0 Å². The summed E-state index contributed by atoms with van der Waals surface area (Å²) in [6, 6.07) is 33.0. The molecule has 0 saturated carbocycles. The van der Waals surface area contributed by atoms with E-state index in [4.69, 9.17) is 4.74 Å². The van der Waals surface area contributed by atoms with Crippen LogP contribution in [0.5, 0.6) is 0 Å². The molecule has 3 aromatic rings. The van der Waals surface area contributed by atoms with E-state index in [-0.39, 0.29) is 12.1 Å². The number of hydrogen-bond donors (Lipinski definition) is 0. The Morgan fingerprint density at radius 3 is 1.62 bits per heavy atom. The van der Waals surface area contributed by atoms with E-state index in [2.05, 4.69) is 91.0 Å². The summed E-state index contributed by atoms with van der Waals surface area (Å²) in [6.45, 7) is 6.57. The van der Waals surface area contributed by atoms with Gasteiger partial charge < -0.3 is 9.64 Å². The number of benzene rings is 3. The molecule has 1 unspecified atom stereocenters. The Kier molecular flexibility index (Phi) is 6.67. The fourth-order valence-electron chi connectivity index (χ4n) is 4.53. The molecule has 32 heavy (non-hydrogen) atoms. The normalized spacial score (nSPS) is 16.3. The quantitative estimate of drug-likeness (QED) is 0.476. The summed E-state index contributed by atoms with van der Waals surface area (Å²) in [6.07, 6.45) is 2.84. The average molecular weight is 447 g/mol. The molecule has 0 aromatic heterocycles. The molecule has 3 aromatic carbocycles. The van der Waals surface area contributed by atoms with Crippen molar-refractivity contribution >= 4 is 29.3 Å². The smallest absolute Gasteiger partial charge is 0.410 e. The summed E-state index contributed by atoms with van der Waals surface area (Å²) in [5.41, 5.74) is -0.466. The number of likely N-dealkylation sites (tertiary alicyclic amines) is 1. The second-order valence-electron chi connectivity index (χ2n) is 9.44. The van der Waals surface area contributed by atoms with E-state index in [1.807, 2.05) is 25.7 Å². The highest BCUT2D eigenvalue weighted by molar-refractivity contribution is 7.95. The highest BCUT2D eigenvalue weighted by atomic mass is 31.2. The molecule has 1 fully saturated rings. The number of ether oxygens (including phenoxy) is 1. The van der Waals surface area contributed by atoms with Gasteiger partial charge >= 0.3 is 6.09 Å². The van der Waals surface area contributed by atoms with Crippen molar-refractivity contribution in [2.45, 2.75) is 45.3 Å². The highest BCUT2D eigenvalue weighted by Crippen LogP contribution is 2.56. The third-order valence-electron chi connectivity index (χ3n) is 6.16. The lowest BCUT2D eigenvalue weighted by atomic mass is 10.0. The average Bonchev–Trinajstić information content (AvgIpc) is 2.76. The van der Waals surface area contributed by atoms with Crippen molar-refractivity contribution in [3.63, 3.8) is 0 Å². The second-order valence-corrected chi connectivity index (χ2v) is 13.1. The Balaban J connectivity index is 1.69. The van der Waals surface area contributed by atoms with Crippen molar-refractivity contribution in [3.05, 3.63) is 91.0 Å². The molecule has 0 spiro atoms. The van der Waals surface area contributed by atoms with Crippen molar-refractivity contribution in [1.29, 1.82) is 0 Å². The van der Waals surface area contributed by atoms with Gasteiger partial charge in [0.05, 0.1) is 6.16 Å². The summed E-state index contributed by atoms with van der Waals surface area (Å²) < 4.78 is 5.65.